The van der Waals surface area contributed by atoms with Gasteiger partial charge in [0.2, 0.25) is 0 Å². The predicted molar refractivity (Wildman–Crippen MR) is 55.1 cm³/mol. The fourth-order valence-corrected chi connectivity index (χ4v) is 1.42. The van der Waals surface area contributed by atoms with Gasteiger partial charge in [0.05, 0.1) is 11.9 Å². The summed E-state index contributed by atoms with van der Waals surface area (Å²) < 4.78 is 13.4. The molecule has 0 aliphatic heterocycles. The molecule has 0 unspecified atom stereocenters. The largest absolute Gasteiger partial charge is 0.313 e. The summed E-state index contributed by atoms with van der Waals surface area (Å²) in [4.78, 5) is 18.2. The number of nitrogens with zero attached hydrogens (tertiary/aromatic N) is 1. The van der Waals surface area contributed by atoms with Gasteiger partial charge in [-0.05, 0) is 19.2 Å². The molecule has 0 aliphatic carbocycles. The molecule has 0 spiro atoms. The zero-order valence-electron chi connectivity index (χ0n) is 8.17. The molecule has 0 saturated heterocycles. The van der Waals surface area contributed by atoms with E-state index in [1.54, 1.807) is 13.1 Å². The Kier molecular flexibility index (Phi) is 2.47. The summed E-state index contributed by atoms with van der Waals surface area (Å²) in [6, 6.07) is 4.33. The number of nitrogens with one attached hydrogen (secondary N) is 2. The van der Waals surface area contributed by atoms with Crippen molar-refractivity contribution in [1.82, 2.24) is 15.3 Å². The fourth-order valence-electron chi connectivity index (χ4n) is 1.42. The van der Waals surface area contributed by atoms with Gasteiger partial charge in [0.25, 0.3) is 5.56 Å². The summed E-state index contributed by atoms with van der Waals surface area (Å²) >= 11 is 0. The second kappa shape index (κ2) is 3.78. The maximum atomic E-state index is 13.4. The first-order valence-corrected chi connectivity index (χ1v) is 4.54. The van der Waals surface area contributed by atoms with Crippen molar-refractivity contribution >= 4 is 10.9 Å². The van der Waals surface area contributed by atoms with E-state index in [2.05, 4.69) is 15.3 Å². The third kappa shape index (κ3) is 1.73. The van der Waals surface area contributed by atoms with Crippen molar-refractivity contribution in [2.75, 3.05) is 7.05 Å². The zero-order valence-corrected chi connectivity index (χ0v) is 8.17. The minimum Gasteiger partial charge on any atom is -0.313 e. The molecule has 1 aromatic heterocycles. The van der Waals surface area contributed by atoms with E-state index in [1.165, 1.54) is 12.1 Å². The van der Waals surface area contributed by atoms with Crippen LogP contribution in [0.2, 0.25) is 0 Å². The number of hydrogen-bond acceptors (Lipinski definition) is 3. The van der Waals surface area contributed by atoms with Crippen molar-refractivity contribution in [1.29, 1.82) is 0 Å². The maximum absolute atomic E-state index is 13.4. The molecule has 78 valence electrons. The first-order valence-electron chi connectivity index (χ1n) is 4.54. The number of H-pyrrole nitrogens is 1. The molecule has 0 radical (unpaired) electrons. The Labute approximate surface area is 85.2 Å². The van der Waals surface area contributed by atoms with Crippen molar-refractivity contribution in [2.45, 2.75) is 6.54 Å². The summed E-state index contributed by atoms with van der Waals surface area (Å²) in [7, 11) is 1.73. The normalized spacial score (nSPS) is 10.8. The average molecular weight is 207 g/mol. The molecule has 0 amide bonds. The predicted octanol–water partition coefficient (Wildman–Crippen LogP) is 0.782. The highest BCUT2D eigenvalue weighted by atomic mass is 19.1. The van der Waals surface area contributed by atoms with Crippen molar-refractivity contribution < 1.29 is 4.39 Å². The van der Waals surface area contributed by atoms with E-state index >= 15 is 0 Å². The average Bonchev–Trinajstić information content (AvgIpc) is 2.20. The van der Waals surface area contributed by atoms with Gasteiger partial charge in [0.15, 0.2) is 0 Å². The second-order valence-corrected chi connectivity index (χ2v) is 3.18. The van der Waals surface area contributed by atoms with E-state index in [9.17, 15) is 9.18 Å². The highest BCUT2D eigenvalue weighted by Crippen LogP contribution is 2.10. The number of hydrogen-bond donors (Lipinski definition) is 2. The van der Waals surface area contributed by atoms with Crippen LogP contribution < -0.4 is 10.9 Å². The molecular weight excluding hydrogens is 197 g/mol. The van der Waals surface area contributed by atoms with Crippen LogP contribution in [0.15, 0.2) is 23.0 Å². The number of rotatable bonds is 2. The van der Waals surface area contributed by atoms with Crippen LogP contribution in [0.4, 0.5) is 4.39 Å². The first kappa shape index (κ1) is 9.79. The Morgan fingerprint density at radius 1 is 1.53 bits per heavy atom. The van der Waals surface area contributed by atoms with Gasteiger partial charge in [0.1, 0.15) is 17.2 Å². The topological polar surface area (TPSA) is 57.8 Å². The first-order chi connectivity index (χ1) is 7.22. The van der Waals surface area contributed by atoms with E-state index in [0.717, 1.165) is 0 Å². The van der Waals surface area contributed by atoms with E-state index < -0.39 is 5.82 Å². The van der Waals surface area contributed by atoms with Gasteiger partial charge in [-0.15, -0.1) is 0 Å². The summed E-state index contributed by atoms with van der Waals surface area (Å²) in [6.45, 7) is 0.402. The number of halogens is 1. The lowest BCUT2D eigenvalue weighted by atomic mass is 10.2. The molecular formula is C10H10FN3O. The fraction of sp³-hybridized carbons (Fsp3) is 0.200. The van der Waals surface area contributed by atoms with Crippen LogP contribution in [0.5, 0.6) is 0 Å². The molecule has 15 heavy (non-hydrogen) atoms. The lowest BCUT2D eigenvalue weighted by Crippen LogP contribution is -2.17. The van der Waals surface area contributed by atoms with E-state index in [0.29, 0.717) is 12.4 Å². The Morgan fingerprint density at radius 3 is 3.07 bits per heavy atom. The number of para-hydroxylation sites is 1. The third-order valence-electron chi connectivity index (χ3n) is 2.08. The van der Waals surface area contributed by atoms with Gasteiger partial charge in [-0.2, -0.15) is 0 Å². The Balaban J connectivity index is 2.74. The van der Waals surface area contributed by atoms with Crippen molar-refractivity contribution in [3.8, 4) is 0 Å². The summed E-state index contributed by atoms with van der Waals surface area (Å²) in [5.41, 5.74) is -0.198. The molecule has 1 heterocycles. The molecule has 5 heteroatoms. The van der Waals surface area contributed by atoms with Gasteiger partial charge in [-0.25, -0.2) is 9.37 Å². The quantitative estimate of drug-likeness (QED) is 0.765. The molecule has 1 aromatic carbocycles. The lowest BCUT2D eigenvalue weighted by molar-refractivity contribution is 0.634. The van der Waals surface area contributed by atoms with Crippen LogP contribution >= 0.6 is 0 Å². The van der Waals surface area contributed by atoms with Gasteiger partial charge in [0, 0.05) is 0 Å². The van der Waals surface area contributed by atoms with Crippen molar-refractivity contribution in [3.63, 3.8) is 0 Å². The van der Waals surface area contributed by atoms with Crippen LogP contribution in [-0.4, -0.2) is 17.0 Å². The summed E-state index contributed by atoms with van der Waals surface area (Å²) in [5.74, 6) is -0.0453. The summed E-state index contributed by atoms with van der Waals surface area (Å²) in [5, 5.41) is 3.11. The van der Waals surface area contributed by atoms with E-state index in [1.807, 2.05) is 0 Å². The van der Waals surface area contributed by atoms with Crippen LogP contribution in [0.1, 0.15) is 5.82 Å². The van der Waals surface area contributed by atoms with Gasteiger partial charge < -0.3 is 10.3 Å². The molecule has 0 bridgehead atoms. The Bertz CT molecular complexity index is 550. The van der Waals surface area contributed by atoms with Crippen LogP contribution in [0.25, 0.3) is 10.9 Å². The maximum Gasteiger partial charge on any atom is 0.258 e. The molecule has 2 aromatic rings. The van der Waals surface area contributed by atoms with E-state index in [4.69, 9.17) is 0 Å². The zero-order chi connectivity index (χ0) is 10.8. The molecule has 2 N–H and O–H groups in total. The number of aromatic amines is 1. The number of benzene rings is 1. The van der Waals surface area contributed by atoms with Gasteiger partial charge in [-0.1, -0.05) is 6.07 Å². The SMILES string of the molecule is CNCc1nc2c(F)cccc2c(=O)[nH]1. The third-order valence-corrected chi connectivity index (χ3v) is 2.08. The minimum absolute atomic E-state index is 0.117. The van der Waals surface area contributed by atoms with Crippen molar-refractivity contribution in [2.24, 2.45) is 0 Å². The minimum atomic E-state index is -0.476. The lowest BCUT2D eigenvalue weighted by Gasteiger charge is -2.02. The highest BCUT2D eigenvalue weighted by molar-refractivity contribution is 5.77. The molecule has 0 saturated carbocycles. The molecule has 0 atom stereocenters. The van der Waals surface area contributed by atoms with Crippen LogP contribution in [0, 0.1) is 5.82 Å². The van der Waals surface area contributed by atoms with Crippen molar-refractivity contribution in [3.05, 3.63) is 40.2 Å². The van der Waals surface area contributed by atoms with Gasteiger partial charge in [-0.3, -0.25) is 4.79 Å². The number of fused-ring (bicyclic) bond motifs is 1. The molecule has 0 aliphatic rings. The summed E-state index contributed by atoms with van der Waals surface area (Å²) in [6.07, 6.45) is 0. The molecule has 2 rings (SSSR count). The Hall–Kier alpha value is -1.75. The van der Waals surface area contributed by atoms with Crippen LogP contribution in [-0.2, 0) is 6.54 Å². The number of aromatic nitrogens is 2. The molecule has 0 fully saturated rings. The monoisotopic (exact) mass is 207 g/mol. The Morgan fingerprint density at radius 2 is 2.33 bits per heavy atom. The second-order valence-electron chi connectivity index (χ2n) is 3.18. The smallest absolute Gasteiger partial charge is 0.258 e. The van der Waals surface area contributed by atoms with Crippen LogP contribution in [0.3, 0.4) is 0 Å². The molecule has 4 nitrogen and oxygen atoms in total. The highest BCUT2D eigenvalue weighted by Gasteiger charge is 2.06. The van der Waals surface area contributed by atoms with E-state index in [-0.39, 0.29) is 16.5 Å². The van der Waals surface area contributed by atoms with Gasteiger partial charge >= 0.3 is 0 Å². The standard InChI is InChI=1S/C10H10FN3O/c1-12-5-8-13-9-6(10(15)14-8)3-2-4-7(9)11/h2-4,12H,5H2,1H3,(H,13,14,15).